The molecule has 1 aliphatic carbocycles. The number of amides is 3. The Balaban J connectivity index is 1.85. The van der Waals surface area contributed by atoms with Crippen molar-refractivity contribution in [3.8, 4) is 17.7 Å². The molecule has 35 heavy (non-hydrogen) atoms. The lowest BCUT2D eigenvalue weighted by Crippen LogP contribution is -2.52. The number of nitrogens with zero attached hydrogens (tertiary/aromatic N) is 3. The van der Waals surface area contributed by atoms with Gasteiger partial charge in [-0.05, 0) is 31.7 Å². The second-order valence-electron chi connectivity index (χ2n) is 10.4. The summed E-state index contributed by atoms with van der Waals surface area (Å²) in [5, 5.41) is 12.9. The standard InChI is InChI=1S/C27H40N4O4/c1-18(2)9-8-10-21-13-23-25(28-14-21)35-24(19(3)15-31(26(23)33)20(4)17-32)16-30(5)27(34)29-22-11-6-7-12-22/h13-14,18-20,22,24,32H,6-7,9,11-12,15-17H2,1-5H3,(H,29,34)/t19-,20-,24+/m1/s1. The Kier molecular flexibility index (Phi) is 9.39. The molecule has 2 heterocycles. The predicted octanol–water partition coefficient (Wildman–Crippen LogP) is 3.28. The zero-order valence-electron chi connectivity index (χ0n) is 21.7. The lowest BCUT2D eigenvalue weighted by molar-refractivity contribution is 0.0351. The molecule has 0 aromatic carbocycles. The first kappa shape index (κ1) is 26.8. The Morgan fingerprint density at radius 3 is 2.71 bits per heavy atom. The normalized spacial score (nSPS) is 21.3. The Morgan fingerprint density at radius 1 is 1.34 bits per heavy atom. The number of aromatic nitrogens is 1. The van der Waals surface area contributed by atoms with Crippen LogP contribution >= 0.6 is 0 Å². The number of ether oxygens (including phenoxy) is 1. The van der Waals surface area contributed by atoms with Gasteiger partial charge in [0, 0.05) is 43.7 Å². The van der Waals surface area contributed by atoms with E-state index in [4.69, 9.17) is 4.74 Å². The van der Waals surface area contributed by atoms with Crippen LogP contribution < -0.4 is 10.1 Å². The monoisotopic (exact) mass is 484 g/mol. The molecule has 192 valence electrons. The number of nitrogens with one attached hydrogen (secondary N) is 1. The highest BCUT2D eigenvalue weighted by atomic mass is 16.5. The molecule has 0 bridgehead atoms. The molecule has 1 aromatic heterocycles. The van der Waals surface area contributed by atoms with Crippen molar-refractivity contribution >= 4 is 11.9 Å². The molecule has 2 aliphatic rings. The summed E-state index contributed by atoms with van der Waals surface area (Å²) < 4.78 is 6.28. The number of hydrogen-bond donors (Lipinski definition) is 2. The molecule has 1 saturated carbocycles. The van der Waals surface area contributed by atoms with Crippen LogP contribution in [0.25, 0.3) is 0 Å². The van der Waals surface area contributed by atoms with Crippen LogP contribution in [-0.2, 0) is 0 Å². The lowest BCUT2D eigenvalue weighted by Gasteiger charge is -2.37. The van der Waals surface area contributed by atoms with Gasteiger partial charge in [-0.2, -0.15) is 0 Å². The van der Waals surface area contributed by atoms with Crippen molar-refractivity contribution in [2.24, 2.45) is 11.8 Å². The number of aliphatic hydroxyl groups excluding tert-OH is 1. The van der Waals surface area contributed by atoms with Crippen LogP contribution in [0.5, 0.6) is 5.88 Å². The minimum atomic E-state index is -0.375. The molecule has 8 nitrogen and oxygen atoms in total. The zero-order valence-corrected chi connectivity index (χ0v) is 21.7. The first-order valence-electron chi connectivity index (χ1n) is 12.8. The fourth-order valence-electron chi connectivity index (χ4n) is 4.45. The molecule has 1 aromatic rings. The average molecular weight is 485 g/mol. The first-order valence-corrected chi connectivity index (χ1v) is 12.8. The van der Waals surface area contributed by atoms with Crippen LogP contribution in [0.2, 0.25) is 0 Å². The van der Waals surface area contributed by atoms with E-state index in [1.807, 2.05) is 13.8 Å². The minimum absolute atomic E-state index is 0.0878. The second kappa shape index (κ2) is 12.3. The van der Waals surface area contributed by atoms with Crippen LogP contribution in [0.3, 0.4) is 0 Å². The Hall–Kier alpha value is -2.79. The Labute approximate surface area is 209 Å². The molecule has 2 N–H and O–H groups in total. The van der Waals surface area contributed by atoms with E-state index in [0.29, 0.717) is 30.1 Å². The molecule has 0 unspecified atom stereocenters. The number of pyridine rings is 1. The number of carbonyl (C=O) groups is 2. The fourth-order valence-corrected chi connectivity index (χ4v) is 4.45. The van der Waals surface area contributed by atoms with Gasteiger partial charge in [0.1, 0.15) is 11.7 Å². The minimum Gasteiger partial charge on any atom is -0.472 e. The van der Waals surface area contributed by atoms with Crippen molar-refractivity contribution in [1.82, 2.24) is 20.1 Å². The molecule has 8 heteroatoms. The van der Waals surface area contributed by atoms with Crippen molar-refractivity contribution in [2.75, 3.05) is 26.7 Å². The summed E-state index contributed by atoms with van der Waals surface area (Å²) in [6.45, 7) is 8.62. The van der Waals surface area contributed by atoms with Gasteiger partial charge in [0.25, 0.3) is 5.91 Å². The highest BCUT2D eigenvalue weighted by molar-refractivity contribution is 5.97. The van der Waals surface area contributed by atoms with Crippen molar-refractivity contribution < 1.29 is 19.4 Å². The number of urea groups is 1. The van der Waals surface area contributed by atoms with E-state index in [-0.39, 0.29) is 48.5 Å². The summed E-state index contributed by atoms with van der Waals surface area (Å²) in [7, 11) is 1.76. The van der Waals surface area contributed by atoms with Gasteiger partial charge in [-0.15, -0.1) is 0 Å². The van der Waals surface area contributed by atoms with E-state index in [0.717, 1.165) is 32.1 Å². The predicted molar refractivity (Wildman–Crippen MR) is 135 cm³/mol. The summed E-state index contributed by atoms with van der Waals surface area (Å²) in [4.78, 5) is 34.0. The van der Waals surface area contributed by atoms with Crippen molar-refractivity contribution in [1.29, 1.82) is 0 Å². The molecule has 3 atom stereocenters. The molecule has 0 saturated heterocycles. The molecular formula is C27H40N4O4. The fraction of sp³-hybridized carbons (Fsp3) is 0.667. The molecular weight excluding hydrogens is 444 g/mol. The summed E-state index contributed by atoms with van der Waals surface area (Å²) >= 11 is 0. The van der Waals surface area contributed by atoms with E-state index < -0.39 is 0 Å². The number of hydrogen-bond acceptors (Lipinski definition) is 5. The van der Waals surface area contributed by atoms with Crippen molar-refractivity contribution in [2.45, 2.75) is 78.0 Å². The molecule has 3 amide bonds. The lowest BCUT2D eigenvalue weighted by atomic mass is 10.00. The highest BCUT2D eigenvalue weighted by Gasteiger charge is 2.35. The smallest absolute Gasteiger partial charge is 0.317 e. The van der Waals surface area contributed by atoms with Gasteiger partial charge in [0.2, 0.25) is 5.88 Å². The van der Waals surface area contributed by atoms with Crippen LogP contribution in [-0.4, -0.2) is 76.8 Å². The van der Waals surface area contributed by atoms with Crippen LogP contribution in [0, 0.1) is 23.7 Å². The quantitative estimate of drug-likeness (QED) is 0.605. The van der Waals surface area contributed by atoms with E-state index in [1.165, 1.54) is 0 Å². The van der Waals surface area contributed by atoms with Gasteiger partial charge < -0.3 is 25.0 Å². The summed E-state index contributed by atoms with van der Waals surface area (Å²) in [6.07, 6.45) is 6.34. The van der Waals surface area contributed by atoms with Gasteiger partial charge in [-0.3, -0.25) is 4.79 Å². The molecule has 1 aliphatic heterocycles. The topological polar surface area (TPSA) is 95.0 Å². The van der Waals surface area contributed by atoms with Crippen molar-refractivity contribution in [3.63, 3.8) is 0 Å². The van der Waals surface area contributed by atoms with Crippen LogP contribution in [0.15, 0.2) is 12.3 Å². The number of aliphatic hydroxyl groups is 1. The zero-order chi connectivity index (χ0) is 25.5. The molecule has 1 fully saturated rings. The summed E-state index contributed by atoms with van der Waals surface area (Å²) in [5.74, 6) is 6.59. The molecule has 3 rings (SSSR count). The third-order valence-corrected chi connectivity index (χ3v) is 6.75. The maximum atomic E-state index is 13.5. The molecule has 0 spiro atoms. The van der Waals surface area contributed by atoms with Gasteiger partial charge >= 0.3 is 6.03 Å². The highest BCUT2D eigenvalue weighted by Crippen LogP contribution is 2.27. The average Bonchev–Trinajstić information content (AvgIpc) is 3.33. The number of likely N-dealkylation sites (N-methyl/N-ethyl adjacent to an activating group) is 1. The maximum absolute atomic E-state index is 13.5. The Morgan fingerprint density at radius 2 is 2.06 bits per heavy atom. The number of fused-ring (bicyclic) bond motifs is 1. The van der Waals surface area contributed by atoms with E-state index in [2.05, 4.69) is 36.0 Å². The van der Waals surface area contributed by atoms with Crippen molar-refractivity contribution in [3.05, 3.63) is 23.4 Å². The number of carbonyl (C=O) groups excluding carboxylic acids is 2. The van der Waals surface area contributed by atoms with Gasteiger partial charge in [0.15, 0.2) is 0 Å². The maximum Gasteiger partial charge on any atom is 0.317 e. The SMILES string of the molecule is CC(C)CC#Cc1cnc2c(c1)C(=O)N([C@H](C)CO)C[C@@H](C)[C@H](CN(C)C(=O)NC1CCCC1)O2. The van der Waals surface area contributed by atoms with E-state index in [9.17, 15) is 14.7 Å². The van der Waals surface area contributed by atoms with E-state index in [1.54, 1.807) is 29.1 Å². The van der Waals surface area contributed by atoms with Gasteiger partial charge in [-0.1, -0.05) is 45.5 Å². The summed E-state index contributed by atoms with van der Waals surface area (Å²) in [6, 6.07) is 1.47. The molecule has 0 radical (unpaired) electrons. The van der Waals surface area contributed by atoms with Gasteiger partial charge in [0.05, 0.1) is 19.2 Å². The second-order valence-corrected chi connectivity index (χ2v) is 10.4. The third kappa shape index (κ3) is 7.11. The number of rotatable bonds is 6. The first-order chi connectivity index (χ1) is 16.7. The van der Waals surface area contributed by atoms with Crippen LogP contribution in [0.1, 0.15) is 75.7 Å². The third-order valence-electron chi connectivity index (χ3n) is 6.75. The largest absolute Gasteiger partial charge is 0.472 e. The van der Waals surface area contributed by atoms with E-state index >= 15 is 0 Å². The van der Waals surface area contributed by atoms with Gasteiger partial charge in [-0.25, -0.2) is 9.78 Å². The van der Waals surface area contributed by atoms with Crippen LogP contribution in [0.4, 0.5) is 4.79 Å². The summed E-state index contributed by atoms with van der Waals surface area (Å²) in [5.41, 5.74) is 0.979. The Bertz CT molecular complexity index is 948.